The summed E-state index contributed by atoms with van der Waals surface area (Å²) in [4.78, 5) is 8.87. The molecule has 0 saturated heterocycles. The lowest BCUT2D eigenvalue weighted by molar-refractivity contribution is 0.955. The lowest BCUT2D eigenvalue weighted by atomic mass is 10.0. The molecule has 0 spiro atoms. The van der Waals surface area contributed by atoms with Gasteiger partial charge in [-0.2, -0.15) is 5.10 Å². The van der Waals surface area contributed by atoms with Crippen LogP contribution in [0.3, 0.4) is 0 Å². The van der Waals surface area contributed by atoms with Crippen LogP contribution in [0.25, 0.3) is 22.0 Å². The maximum atomic E-state index is 4.61. The number of benzene rings is 2. The summed E-state index contributed by atoms with van der Waals surface area (Å²) in [6, 6.07) is 14.4. The zero-order valence-corrected chi connectivity index (χ0v) is 15.0. The van der Waals surface area contributed by atoms with E-state index in [0.717, 1.165) is 33.4 Å². The molecule has 130 valence electrons. The van der Waals surface area contributed by atoms with E-state index in [4.69, 9.17) is 0 Å². The highest BCUT2D eigenvalue weighted by Gasteiger charge is 2.07. The topological polar surface area (TPSA) is 92.3 Å². The van der Waals surface area contributed by atoms with E-state index in [-0.39, 0.29) is 0 Å². The Bertz CT molecular complexity index is 1030. The number of hydrogen-bond acceptors (Lipinski definition) is 7. The smallest absolute Gasteiger partial charge is 0.243 e. The maximum Gasteiger partial charge on any atom is 0.243 e. The molecule has 0 aliphatic carbocycles. The summed E-state index contributed by atoms with van der Waals surface area (Å²) >= 11 is 1.57. The highest BCUT2D eigenvalue weighted by atomic mass is 32.2. The minimum absolute atomic E-state index is 0.516. The number of thioether (sulfide) groups is 1. The van der Waals surface area contributed by atoms with Crippen molar-refractivity contribution >= 4 is 28.5 Å². The number of nitrogens with zero attached hydrogens (tertiary/aromatic N) is 5. The van der Waals surface area contributed by atoms with Crippen molar-refractivity contribution in [3.05, 3.63) is 54.5 Å². The molecule has 2 N–H and O–H groups in total. The SMILES string of the molecule is Cc1nc(SCCNc2nncc(-c3cccc4ccccc34)n2)n[nH]1. The minimum Gasteiger partial charge on any atom is -0.352 e. The fraction of sp³-hybridized carbons (Fsp3) is 0.167. The number of rotatable bonds is 6. The molecule has 2 aromatic carbocycles. The molecule has 0 radical (unpaired) electrons. The summed E-state index contributed by atoms with van der Waals surface area (Å²) in [6.45, 7) is 2.58. The molecule has 0 saturated carbocycles. The van der Waals surface area contributed by atoms with E-state index in [9.17, 15) is 0 Å². The summed E-state index contributed by atoms with van der Waals surface area (Å²) in [6.07, 6.45) is 1.69. The first-order chi connectivity index (χ1) is 12.8. The van der Waals surface area contributed by atoms with Crippen LogP contribution in [0.4, 0.5) is 5.95 Å². The quantitative estimate of drug-likeness (QED) is 0.401. The Hall–Kier alpha value is -3.00. The fourth-order valence-electron chi connectivity index (χ4n) is 2.65. The number of aromatic amines is 1. The van der Waals surface area contributed by atoms with Crippen LogP contribution in [0, 0.1) is 6.92 Å². The van der Waals surface area contributed by atoms with E-state index in [1.54, 1.807) is 18.0 Å². The Morgan fingerprint density at radius 2 is 1.96 bits per heavy atom. The predicted octanol–water partition coefficient (Wildman–Crippen LogP) is 3.32. The fourth-order valence-corrected chi connectivity index (χ4v) is 3.35. The van der Waals surface area contributed by atoms with Gasteiger partial charge in [-0.25, -0.2) is 9.97 Å². The van der Waals surface area contributed by atoms with Crippen LogP contribution in [0.2, 0.25) is 0 Å². The zero-order valence-electron chi connectivity index (χ0n) is 14.2. The van der Waals surface area contributed by atoms with E-state index in [1.165, 1.54) is 5.39 Å². The third-order valence-electron chi connectivity index (χ3n) is 3.82. The van der Waals surface area contributed by atoms with Crippen LogP contribution in [-0.2, 0) is 0 Å². The number of fused-ring (bicyclic) bond motifs is 1. The molecule has 26 heavy (non-hydrogen) atoms. The van der Waals surface area contributed by atoms with Crippen molar-refractivity contribution in [2.45, 2.75) is 12.1 Å². The molecule has 4 aromatic rings. The number of anilines is 1. The molecular formula is C18H17N7S. The second-order valence-electron chi connectivity index (χ2n) is 5.67. The molecule has 0 bridgehead atoms. The van der Waals surface area contributed by atoms with Crippen LogP contribution in [0.15, 0.2) is 53.8 Å². The molecule has 0 atom stereocenters. The van der Waals surface area contributed by atoms with Crippen molar-refractivity contribution < 1.29 is 0 Å². The van der Waals surface area contributed by atoms with E-state index in [1.807, 2.05) is 25.1 Å². The second kappa shape index (κ2) is 7.49. The molecule has 0 unspecified atom stereocenters. The Morgan fingerprint density at radius 1 is 1.08 bits per heavy atom. The molecule has 0 amide bonds. The van der Waals surface area contributed by atoms with Crippen LogP contribution in [0.5, 0.6) is 0 Å². The van der Waals surface area contributed by atoms with Gasteiger partial charge in [-0.05, 0) is 17.7 Å². The molecule has 8 heteroatoms. The summed E-state index contributed by atoms with van der Waals surface area (Å²) in [5.41, 5.74) is 1.85. The van der Waals surface area contributed by atoms with Gasteiger partial charge in [0.25, 0.3) is 0 Å². The predicted molar refractivity (Wildman–Crippen MR) is 103 cm³/mol. The highest BCUT2D eigenvalue weighted by Crippen LogP contribution is 2.26. The summed E-state index contributed by atoms with van der Waals surface area (Å²) in [7, 11) is 0. The van der Waals surface area contributed by atoms with Gasteiger partial charge in [0.2, 0.25) is 11.1 Å². The first-order valence-corrected chi connectivity index (χ1v) is 9.22. The van der Waals surface area contributed by atoms with Gasteiger partial charge < -0.3 is 5.32 Å². The minimum atomic E-state index is 0.516. The molecule has 0 aliphatic rings. The number of aromatic nitrogens is 6. The van der Waals surface area contributed by atoms with Crippen molar-refractivity contribution in [3.63, 3.8) is 0 Å². The van der Waals surface area contributed by atoms with E-state index >= 15 is 0 Å². The first kappa shape index (κ1) is 16.5. The second-order valence-corrected chi connectivity index (χ2v) is 6.73. The summed E-state index contributed by atoms with van der Waals surface area (Å²) in [5.74, 6) is 2.14. The van der Waals surface area contributed by atoms with Gasteiger partial charge in [-0.3, -0.25) is 5.10 Å². The molecule has 0 fully saturated rings. The van der Waals surface area contributed by atoms with Crippen LogP contribution < -0.4 is 5.32 Å². The standard InChI is InChI=1S/C18H17N7S/c1-12-21-18(25-23-12)26-10-9-19-17-22-16(11-20-24-17)15-8-4-6-13-5-2-3-7-14(13)15/h2-8,11H,9-10H2,1H3,(H,19,22,24)(H,21,23,25). The van der Waals surface area contributed by atoms with Crippen LogP contribution >= 0.6 is 11.8 Å². The van der Waals surface area contributed by atoms with Crippen molar-refractivity contribution in [2.75, 3.05) is 17.6 Å². The van der Waals surface area contributed by atoms with Gasteiger partial charge in [-0.1, -0.05) is 54.2 Å². The third-order valence-corrected chi connectivity index (χ3v) is 4.67. The number of H-pyrrole nitrogens is 1. The molecule has 0 aliphatic heterocycles. The van der Waals surface area contributed by atoms with E-state index in [0.29, 0.717) is 12.5 Å². The summed E-state index contributed by atoms with van der Waals surface area (Å²) < 4.78 is 0. The largest absolute Gasteiger partial charge is 0.352 e. The van der Waals surface area contributed by atoms with E-state index < -0.39 is 0 Å². The Balaban J connectivity index is 1.46. The van der Waals surface area contributed by atoms with Gasteiger partial charge in [0.05, 0.1) is 11.9 Å². The number of aryl methyl sites for hydroxylation is 1. The van der Waals surface area contributed by atoms with Gasteiger partial charge in [0.1, 0.15) is 5.82 Å². The zero-order chi connectivity index (χ0) is 17.8. The number of nitrogens with one attached hydrogen (secondary N) is 2. The Morgan fingerprint density at radius 3 is 2.85 bits per heavy atom. The normalized spacial score (nSPS) is 11.0. The summed E-state index contributed by atoms with van der Waals surface area (Å²) in [5, 5.41) is 21.4. The van der Waals surface area contributed by atoms with Crippen molar-refractivity contribution in [1.29, 1.82) is 0 Å². The molecule has 2 aromatic heterocycles. The average Bonchev–Trinajstić information content (AvgIpc) is 3.10. The molecule has 2 heterocycles. The van der Waals surface area contributed by atoms with Gasteiger partial charge in [-0.15, -0.1) is 10.2 Å². The lowest BCUT2D eigenvalue weighted by Crippen LogP contribution is -2.08. The van der Waals surface area contributed by atoms with E-state index in [2.05, 4.69) is 59.9 Å². The molecule has 7 nitrogen and oxygen atoms in total. The van der Waals surface area contributed by atoms with Crippen molar-refractivity contribution in [3.8, 4) is 11.3 Å². The highest BCUT2D eigenvalue weighted by molar-refractivity contribution is 7.99. The molecule has 4 rings (SSSR count). The third kappa shape index (κ3) is 3.65. The Kier molecular flexibility index (Phi) is 4.74. The lowest BCUT2D eigenvalue weighted by Gasteiger charge is -2.07. The van der Waals surface area contributed by atoms with Gasteiger partial charge in [0, 0.05) is 17.9 Å². The number of hydrogen-bond donors (Lipinski definition) is 2. The van der Waals surface area contributed by atoms with Gasteiger partial charge in [0.15, 0.2) is 0 Å². The molecular weight excluding hydrogens is 346 g/mol. The maximum absolute atomic E-state index is 4.61. The van der Waals surface area contributed by atoms with Crippen molar-refractivity contribution in [1.82, 2.24) is 30.4 Å². The van der Waals surface area contributed by atoms with Gasteiger partial charge >= 0.3 is 0 Å². The monoisotopic (exact) mass is 363 g/mol. The van der Waals surface area contributed by atoms with Crippen molar-refractivity contribution in [2.24, 2.45) is 0 Å². The van der Waals surface area contributed by atoms with Crippen LogP contribution in [-0.4, -0.2) is 42.7 Å². The average molecular weight is 363 g/mol. The Labute approximate surface area is 154 Å². The van der Waals surface area contributed by atoms with Crippen LogP contribution in [0.1, 0.15) is 5.82 Å². The first-order valence-electron chi connectivity index (χ1n) is 8.23.